The zero-order valence-corrected chi connectivity index (χ0v) is 19.2. The molecule has 32 heavy (non-hydrogen) atoms. The Labute approximate surface area is 191 Å². The molecule has 1 fully saturated rings. The molecule has 6 nitrogen and oxygen atoms in total. The quantitative estimate of drug-likeness (QED) is 0.538. The maximum absolute atomic E-state index is 11.9. The van der Waals surface area contributed by atoms with Gasteiger partial charge in [0.15, 0.2) is 0 Å². The molecule has 1 saturated carbocycles. The number of hydrogen-bond donors (Lipinski definition) is 2. The number of rotatable bonds is 10. The third kappa shape index (κ3) is 5.48. The number of aryl methyl sites for hydroxylation is 3. The summed E-state index contributed by atoms with van der Waals surface area (Å²) >= 11 is 0. The lowest BCUT2D eigenvalue weighted by atomic mass is 9.86. The molecular weight excluding hydrogens is 402 g/mol. The average Bonchev–Trinajstić information content (AvgIpc) is 2.74. The van der Waals surface area contributed by atoms with Crippen LogP contribution in [-0.4, -0.2) is 53.3 Å². The van der Waals surface area contributed by atoms with Crippen molar-refractivity contribution in [1.29, 1.82) is 0 Å². The lowest BCUT2D eigenvalue weighted by molar-refractivity contribution is -0.146. The Bertz CT molecular complexity index is 926. The highest BCUT2D eigenvalue weighted by atomic mass is 16.5. The van der Waals surface area contributed by atoms with E-state index in [1.165, 1.54) is 12.0 Å². The van der Waals surface area contributed by atoms with Gasteiger partial charge in [0.05, 0.1) is 6.10 Å². The average molecular weight is 438 g/mol. The maximum atomic E-state index is 11.9. The number of hydrogen-bond acceptors (Lipinski definition) is 5. The van der Waals surface area contributed by atoms with E-state index >= 15 is 0 Å². The van der Waals surface area contributed by atoms with Gasteiger partial charge in [-0.15, -0.1) is 0 Å². The van der Waals surface area contributed by atoms with Crippen molar-refractivity contribution in [3.63, 3.8) is 0 Å². The van der Waals surface area contributed by atoms with Gasteiger partial charge in [-0.05, 0) is 76.1 Å². The zero-order chi connectivity index (χ0) is 22.5. The summed E-state index contributed by atoms with van der Waals surface area (Å²) in [7, 11) is 1.92. The molecule has 1 atom stereocenters. The molecule has 2 N–H and O–H groups in total. The van der Waals surface area contributed by atoms with Crippen LogP contribution in [0.15, 0.2) is 36.4 Å². The molecule has 172 valence electrons. The summed E-state index contributed by atoms with van der Waals surface area (Å²) in [5, 5.41) is 13.2. The smallest absolute Gasteiger partial charge is 0.325 e. The minimum Gasteiger partial charge on any atom is -0.480 e. The fourth-order valence-electron chi connectivity index (χ4n) is 4.78. The highest BCUT2D eigenvalue weighted by molar-refractivity contribution is 5.75. The summed E-state index contributed by atoms with van der Waals surface area (Å²) in [4.78, 5) is 18.7. The van der Waals surface area contributed by atoms with E-state index in [2.05, 4.69) is 17.4 Å². The summed E-state index contributed by atoms with van der Waals surface area (Å²) in [6.07, 6.45) is 7.39. The van der Waals surface area contributed by atoms with Gasteiger partial charge in [0, 0.05) is 24.9 Å². The van der Waals surface area contributed by atoms with Crippen LogP contribution in [0.25, 0.3) is 0 Å². The van der Waals surface area contributed by atoms with Crippen LogP contribution in [0.2, 0.25) is 0 Å². The van der Waals surface area contributed by atoms with Crippen molar-refractivity contribution in [3.8, 4) is 0 Å². The van der Waals surface area contributed by atoms with Gasteiger partial charge in [0.1, 0.15) is 11.9 Å². The van der Waals surface area contributed by atoms with Crippen LogP contribution >= 0.6 is 0 Å². The molecule has 1 unspecified atom stereocenters. The number of carbonyl (C=O) groups is 1. The van der Waals surface area contributed by atoms with Gasteiger partial charge >= 0.3 is 5.97 Å². The fraction of sp³-hybridized carbons (Fsp3) is 0.538. The third-order valence-corrected chi connectivity index (χ3v) is 6.78. The first kappa shape index (κ1) is 22.7. The van der Waals surface area contributed by atoms with Crippen molar-refractivity contribution >= 4 is 11.8 Å². The van der Waals surface area contributed by atoms with Gasteiger partial charge in [0.25, 0.3) is 0 Å². The number of aliphatic carboxylic acids is 1. The molecule has 1 aliphatic carbocycles. The van der Waals surface area contributed by atoms with Gasteiger partial charge in [-0.2, -0.15) is 0 Å². The number of benzene rings is 1. The van der Waals surface area contributed by atoms with Crippen molar-refractivity contribution < 1.29 is 14.6 Å². The highest BCUT2D eigenvalue weighted by Gasteiger charge is 2.38. The second-order valence-electron chi connectivity index (χ2n) is 9.24. The van der Waals surface area contributed by atoms with Crippen LogP contribution in [0.1, 0.15) is 60.5 Å². The summed E-state index contributed by atoms with van der Waals surface area (Å²) < 4.78 is 6.05. The van der Waals surface area contributed by atoms with E-state index in [9.17, 15) is 9.90 Å². The molecule has 4 rings (SSSR count). The summed E-state index contributed by atoms with van der Waals surface area (Å²) in [6.45, 7) is 3.77. The van der Waals surface area contributed by atoms with E-state index in [0.29, 0.717) is 0 Å². The molecule has 2 aromatic rings. The van der Waals surface area contributed by atoms with Crippen molar-refractivity contribution in [2.75, 3.05) is 25.5 Å². The number of anilines is 1. The summed E-state index contributed by atoms with van der Waals surface area (Å²) in [5.41, 5.74) is 4.41. The molecule has 1 aliphatic heterocycles. The second kappa shape index (κ2) is 10.5. The number of unbranched alkanes of at least 4 members (excludes halogenated alkanes) is 1. The zero-order valence-electron chi connectivity index (χ0n) is 19.2. The van der Waals surface area contributed by atoms with E-state index in [-0.39, 0.29) is 12.1 Å². The maximum Gasteiger partial charge on any atom is 0.325 e. The lowest BCUT2D eigenvalue weighted by Crippen LogP contribution is -2.49. The molecule has 0 radical (unpaired) electrons. The van der Waals surface area contributed by atoms with Crippen LogP contribution < -0.4 is 5.32 Å². The molecule has 2 aliphatic rings. The molecule has 1 aromatic heterocycles. The fourth-order valence-corrected chi connectivity index (χ4v) is 4.78. The van der Waals surface area contributed by atoms with E-state index in [1.807, 2.05) is 43.1 Å². The van der Waals surface area contributed by atoms with Crippen LogP contribution in [0.3, 0.4) is 0 Å². The SMILES string of the molecule is Cc1cccc(C(C(=O)O)N(C)C2CC(OCCCCc3ccc4c(n3)NCCC4)C2)c1. The lowest BCUT2D eigenvalue weighted by Gasteiger charge is -2.43. The predicted molar refractivity (Wildman–Crippen MR) is 126 cm³/mol. The van der Waals surface area contributed by atoms with Crippen LogP contribution in [-0.2, 0) is 22.4 Å². The number of ether oxygens (including phenoxy) is 1. The second-order valence-corrected chi connectivity index (χ2v) is 9.24. The van der Waals surface area contributed by atoms with E-state index < -0.39 is 12.0 Å². The number of carboxylic acid groups (broad SMARTS) is 1. The van der Waals surface area contributed by atoms with Crippen LogP contribution in [0.4, 0.5) is 5.82 Å². The number of pyridine rings is 1. The molecule has 0 amide bonds. The van der Waals surface area contributed by atoms with E-state index in [0.717, 1.165) is 74.3 Å². The number of nitrogens with zero attached hydrogens (tertiary/aromatic N) is 2. The predicted octanol–water partition coefficient (Wildman–Crippen LogP) is 4.38. The number of likely N-dealkylation sites (N-methyl/N-ethyl adjacent to an activating group) is 1. The Balaban J connectivity index is 1.16. The number of carboxylic acids is 1. The van der Waals surface area contributed by atoms with Crippen molar-refractivity contribution in [1.82, 2.24) is 9.88 Å². The molecule has 0 saturated heterocycles. The molecule has 1 aromatic carbocycles. The third-order valence-electron chi connectivity index (χ3n) is 6.78. The van der Waals surface area contributed by atoms with Gasteiger partial charge < -0.3 is 15.2 Å². The Morgan fingerprint density at radius 2 is 2.12 bits per heavy atom. The Kier molecular flexibility index (Phi) is 7.43. The Hall–Kier alpha value is -2.44. The largest absolute Gasteiger partial charge is 0.480 e. The van der Waals surface area contributed by atoms with Crippen molar-refractivity contribution in [2.45, 2.75) is 70.1 Å². The Morgan fingerprint density at radius 3 is 2.91 bits per heavy atom. The van der Waals surface area contributed by atoms with Gasteiger partial charge in [0.2, 0.25) is 0 Å². The minimum atomic E-state index is -0.798. The topological polar surface area (TPSA) is 74.7 Å². The first-order chi connectivity index (χ1) is 15.5. The van der Waals surface area contributed by atoms with Crippen molar-refractivity contribution in [2.24, 2.45) is 0 Å². The standard InChI is InChI=1S/C26H35N3O3/c1-18-7-5-8-20(15-18)24(26(30)31)29(2)22-16-23(17-22)32-14-4-3-10-21-12-11-19-9-6-13-27-25(19)28-21/h5,7-8,11-12,15,22-24H,3-4,6,9-10,13-14,16-17H2,1-2H3,(H,27,28)(H,30,31). The number of aromatic nitrogens is 1. The van der Waals surface area contributed by atoms with Gasteiger partial charge in [-0.3, -0.25) is 9.69 Å². The Morgan fingerprint density at radius 1 is 1.28 bits per heavy atom. The van der Waals surface area contributed by atoms with E-state index in [1.54, 1.807) is 0 Å². The van der Waals surface area contributed by atoms with Crippen molar-refractivity contribution in [3.05, 3.63) is 58.8 Å². The molecule has 6 heteroatoms. The summed E-state index contributed by atoms with van der Waals surface area (Å²) in [6, 6.07) is 11.8. The normalized spacial score (nSPS) is 20.8. The first-order valence-corrected chi connectivity index (χ1v) is 11.9. The van der Waals surface area contributed by atoms with Crippen LogP contribution in [0, 0.1) is 6.92 Å². The summed E-state index contributed by atoms with van der Waals surface area (Å²) in [5.74, 6) is 0.272. The van der Waals surface area contributed by atoms with Gasteiger partial charge in [-0.1, -0.05) is 35.9 Å². The number of fused-ring (bicyclic) bond motifs is 1. The number of nitrogens with one attached hydrogen (secondary N) is 1. The first-order valence-electron chi connectivity index (χ1n) is 11.9. The molecule has 0 spiro atoms. The molecule has 0 bridgehead atoms. The van der Waals surface area contributed by atoms with E-state index in [4.69, 9.17) is 9.72 Å². The monoisotopic (exact) mass is 437 g/mol. The highest BCUT2D eigenvalue weighted by Crippen LogP contribution is 2.33. The molecule has 2 heterocycles. The molecular formula is C26H35N3O3. The van der Waals surface area contributed by atoms with Crippen LogP contribution in [0.5, 0.6) is 0 Å². The van der Waals surface area contributed by atoms with Gasteiger partial charge in [-0.25, -0.2) is 4.98 Å². The minimum absolute atomic E-state index is 0.237.